The molecule has 0 aliphatic carbocycles. The molecule has 4 amide bonds. The van der Waals surface area contributed by atoms with Crippen LogP contribution < -0.4 is 20.1 Å². The largest absolute Gasteiger partial charge is 0.486 e. The Morgan fingerprint density at radius 2 is 1.76 bits per heavy atom. The lowest BCUT2D eigenvalue weighted by molar-refractivity contribution is -0.889. The second kappa shape index (κ2) is 15.0. The fourth-order valence-electron chi connectivity index (χ4n) is 8.77. The number of carbonyl (C=O) groups excluding carboxylic acids is 3. The maximum absolute atomic E-state index is 15.0. The zero-order chi connectivity index (χ0) is 35.6. The van der Waals surface area contributed by atoms with Crippen molar-refractivity contribution >= 4 is 23.7 Å². The van der Waals surface area contributed by atoms with Crippen molar-refractivity contribution in [3.63, 3.8) is 0 Å². The maximum Gasteiger partial charge on any atom is 0.410 e. The highest BCUT2D eigenvalue weighted by Crippen LogP contribution is 2.38. The third-order valence-corrected chi connectivity index (χ3v) is 11.8. The van der Waals surface area contributed by atoms with E-state index in [-0.39, 0.29) is 54.4 Å². The number of anilines is 1. The van der Waals surface area contributed by atoms with Crippen molar-refractivity contribution < 1.29 is 43.3 Å². The normalized spacial score (nSPS) is 26.5. The molecule has 2 aromatic carbocycles. The standard InChI is InChI=1S/C38H51N5O8/c1-26-22-27(23-32-34(26)50-21-20-49-32)24-33(35(45)43(30-6-13-39-14-7-30)18-11-38(48,25-44)12-19-43)51-37(47)41-15-9-29(10-16-41)42-17-8-28-4-2-3-5-31(28)40-36(42)46/h2-5,22-23,29-30,33,39,44,48H,6-21,24-25H2,1H3/p+1/t33-,38?,43?/m1/s1. The number of hydrogen-bond donors (Lipinski definition) is 4. The summed E-state index contributed by atoms with van der Waals surface area (Å²) in [5.41, 5.74) is 2.41. The third kappa shape index (κ3) is 7.39. The van der Waals surface area contributed by atoms with Crippen molar-refractivity contribution in [2.75, 3.05) is 71.0 Å². The zero-order valence-electron chi connectivity index (χ0n) is 29.6. The van der Waals surface area contributed by atoms with Crippen molar-refractivity contribution in [3.8, 4) is 11.5 Å². The minimum Gasteiger partial charge on any atom is -0.486 e. The number of ether oxygens (including phenoxy) is 3. The van der Waals surface area contributed by atoms with E-state index in [4.69, 9.17) is 14.2 Å². The van der Waals surface area contributed by atoms with E-state index >= 15 is 4.79 Å². The van der Waals surface area contributed by atoms with E-state index in [0.717, 1.165) is 54.7 Å². The Bertz CT molecular complexity index is 1600. The second-order valence-corrected chi connectivity index (χ2v) is 14.9. The number of amides is 4. The van der Waals surface area contributed by atoms with Crippen LogP contribution in [0.5, 0.6) is 11.5 Å². The number of likely N-dealkylation sites (tertiary alicyclic amines) is 2. The summed E-state index contributed by atoms with van der Waals surface area (Å²) in [4.78, 5) is 45.8. The average Bonchev–Trinajstić information content (AvgIpc) is 3.33. The third-order valence-electron chi connectivity index (χ3n) is 11.8. The Morgan fingerprint density at radius 3 is 2.51 bits per heavy atom. The van der Waals surface area contributed by atoms with Gasteiger partial charge in [-0.2, -0.15) is 0 Å². The van der Waals surface area contributed by atoms with Gasteiger partial charge in [-0.1, -0.05) is 24.3 Å². The van der Waals surface area contributed by atoms with E-state index in [9.17, 15) is 19.8 Å². The van der Waals surface area contributed by atoms with Gasteiger partial charge in [-0.25, -0.2) is 14.4 Å². The van der Waals surface area contributed by atoms with Crippen molar-refractivity contribution in [1.82, 2.24) is 15.1 Å². The Hall–Kier alpha value is -3.91. The van der Waals surface area contributed by atoms with Crippen LogP contribution in [-0.4, -0.2) is 132 Å². The molecule has 3 saturated heterocycles. The molecule has 51 heavy (non-hydrogen) atoms. The molecule has 3 fully saturated rings. The molecule has 0 spiro atoms. The second-order valence-electron chi connectivity index (χ2n) is 14.9. The number of nitrogens with zero attached hydrogens (tertiary/aromatic N) is 3. The highest BCUT2D eigenvalue weighted by Gasteiger charge is 2.53. The number of fused-ring (bicyclic) bond motifs is 2. The molecule has 0 radical (unpaired) electrons. The van der Waals surface area contributed by atoms with E-state index in [1.165, 1.54) is 0 Å². The summed E-state index contributed by atoms with van der Waals surface area (Å²) in [5, 5.41) is 27.4. The van der Waals surface area contributed by atoms with Crippen molar-refractivity contribution in [3.05, 3.63) is 53.1 Å². The lowest BCUT2D eigenvalue weighted by Crippen LogP contribution is -2.69. The quantitative estimate of drug-likeness (QED) is 0.319. The SMILES string of the molecule is Cc1cc(C[C@@H](OC(=O)N2CCC(N3CCc4ccccc4NC3=O)CC2)C(=O)[N+]2(C3CCNCC3)CCC(O)(CO)CC2)cc2c1OCCO2. The van der Waals surface area contributed by atoms with Gasteiger partial charge in [0, 0.05) is 76.6 Å². The van der Waals surface area contributed by atoms with E-state index in [2.05, 4.69) is 10.6 Å². The average molecular weight is 707 g/mol. The number of aryl methyl sites for hydroxylation is 1. The van der Waals surface area contributed by atoms with Crippen LogP contribution >= 0.6 is 0 Å². The minimum absolute atomic E-state index is 0.00634. The van der Waals surface area contributed by atoms with Crippen LogP contribution in [0.3, 0.4) is 0 Å². The first-order valence-electron chi connectivity index (χ1n) is 18.6. The van der Waals surface area contributed by atoms with E-state index in [1.54, 1.807) is 4.90 Å². The summed E-state index contributed by atoms with van der Waals surface area (Å²) in [5.74, 6) is 1.13. The molecule has 13 heteroatoms. The molecule has 0 aromatic heterocycles. The van der Waals surface area contributed by atoms with Gasteiger partial charge in [0.15, 0.2) is 11.5 Å². The summed E-state index contributed by atoms with van der Waals surface area (Å²) in [6.07, 6.45) is 2.66. The van der Waals surface area contributed by atoms with Crippen LogP contribution in [0.25, 0.3) is 0 Å². The number of carbonyl (C=O) groups is 3. The molecule has 5 aliphatic heterocycles. The molecular formula is C38H52N5O8+. The summed E-state index contributed by atoms with van der Waals surface area (Å²) in [6, 6.07) is 11.6. The van der Waals surface area contributed by atoms with Gasteiger partial charge in [-0.05, 0) is 55.0 Å². The van der Waals surface area contributed by atoms with Crippen LogP contribution in [0.15, 0.2) is 36.4 Å². The molecule has 2 aromatic rings. The summed E-state index contributed by atoms with van der Waals surface area (Å²) in [6.45, 7) is 6.18. The molecule has 5 aliphatic rings. The lowest BCUT2D eigenvalue weighted by Gasteiger charge is -2.50. The topological polar surface area (TPSA) is 150 Å². The lowest BCUT2D eigenvalue weighted by atomic mass is 9.86. The van der Waals surface area contributed by atoms with E-state index in [1.807, 2.05) is 48.2 Å². The van der Waals surface area contributed by atoms with Crippen LogP contribution in [0.1, 0.15) is 55.2 Å². The Morgan fingerprint density at radius 1 is 1.04 bits per heavy atom. The smallest absolute Gasteiger partial charge is 0.410 e. The van der Waals surface area contributed by atoms with Crippen LogP contribution in [-0.2, 0) is 22.4 Å². The number of aliphatic hydroxyl groups is 2. The molecule has 0 saturated carbocycles. The fourth-order valence-corrected chi connectivity index (χ4v) is 8.77. The molecular weight excluding hydrogens is 654 g/mol. The Labute approximate surface area is 299 Å². The molecule has 276 valence electrons. The molecule has 1 atom stereocenters. The van der Waals surface area contributed by atoms with E-state index < -0.39 is 17.8 Å². The maximum atomic E-state index is 15.0. The fraction of sp³-hybridized carbons (Fsp3) is 0.605. The van der Waals surface area contributed by atoms with Crippen LogP contribution in [0.4, 0.5) is 15.3 Å². The van der Waals surface area contributed by atoms with Gasteiger partial charge in [0.1, 0.15) is 13.2 Å². The number of benzene rings is 2. The first kappa shape index (κ1) is 35.5. The first-order chi connectivity index (χ1) is 24.7. The van der Waals surface area contributed by atoms with Crippen LogP contribution in [0.2, 0.25) is 0 Å². The predicted octanol–water partition coefficient (Wildman–Crippen LogP) is 2.98. The molecule has 0 bridgehead atoms. The summed E-state index contributed by atoms with van der Waals surface area (Å²) >= 11 is 0. The molecule has 7 rings (SSSR count). The van der Waals surface area contributed by atoms with Crippen molar-refractivity contribution in [2.45, 2.75) is 82.1 Å². The van der Waals surface area contributed by atoms with Crippen molar-refractivity contribution in [1.29, 1.82) is 0 Å². The number of urea groups is 1. The number of rotatable bonds is 7. The number of nitrogens with one attached hydrogen (secondary N) is 2. The molecule has 0 unspecified atom stereocenters. The summed E-state index contributed by atoms with van der Waals surface area (Å²) < 4.78 is 18.1. The van der Waals surface area contributed by atoms with Gasteiger partial charge in [0.25, 0.3) is 0 Å². The highest BCUT2D eigenvalue weighted by atomic mass is 16.6. The number of piperidine rings is 3. The van der Waals surface area contributed by atoms with Gasteiger partial charge in [-0.3, -0.25) is 4.48 Å². The Kier molecular flexibility index (Phi) is 10.4. The van der Waals surface area contributed by atoms with Gasteiger partial charge in [0.2, 0.25) is 6.10 Å². The van der Waals surface area contributed by atoms with Gasteiger partial charge in [0.05, 0.1) is 31.3 Å². The Balaban J connectivity index is 1.10. The summed E-state index contributed by atoms with van der Waals surface area (Å²) in [7, 11) is 0. The molecule has 5 heterocycles. The number of hydrogen-bond acceptors (Lipinski definition) is 9. The monoisotopic (exact) mass is 706 g/mol. The van der Waals surface area contributed by atoms with Crippen LogP contribution in [0, 0.1) is 6.92 Å². The van der Waals surface area contributed by atoms with Gasteiger partial charge >= 0.3 is 18.0 Å². The zero-order valence-corrected chi connectivity index (χ0v) is 29.6. The first-order valence-corrected chi connectivity index (χ1v) is 18.6. The number of para-hydroxylation sites is 1. The van der Waals surface area contributed by atoms with Crippen molar-refractivity contribution in [2.24, 2.45) is 0 Å². The highest BCUT2D eigenvalue weighted by molar-refractivity contribution is 5.91. The van der Waals surface area contributed by atoms with E-state index in [0.29, 0.717) is 70.3 Å². The van der Waals surface area contributed by atoms with Gasteiger partial charge in [-0.15, -0.1) is 0 Å². The molecule has 13 nitrogen and oxygen atoms in total. The predicted molar refractivity (Wildman–Crippen MR) is 189 cm³/mol. The number of quaternary nitrogens is 1. The minimum atomic E-state index is -1.23. The van der Waals surface area contributed by atoms with Gasteiger partial charge < -0.3 is 44.9 Å². The molecule has 4 N–H and O–H groups in total. The number of aliphatic hydroxyl groups excluding tert-OH is 1.